The maximum Gasteiger partial charge on any atom is 0.188 e. The molecular formula is C16H22N2O. The van der Waals surface area contributed by atoms with E-state index in [1.54, 1.807) is 0 Å². The first-order valence-electron chi connectivity index (χ1n) is 7.23. The molecule has 1 aliphatic carbocycles. The van der Waals surface area contributed by atoms with Gasteiger partial charge in [-0.05, 0) is 44.2 Å². The largest absolute Gasteiger partial charge is 0.475 e. The van der Waals surface area contributed by atoms with Crippen molar-refractivity contribution in [3.63, 3.8) is 0 Å². The number of nitrogens with two attached hydrogens (primary N) is 1. The van der Waals surface area contributed by atoms with E-state index in [2.05, 4.69) is 31.2 Å². The van der Waals surface area contributed by atoms with Gasteiger partial charge in [0.1, 0.15) is 6.10 Å². The fraction of sp³-hybridized carbons (Fsp3) is 0.562. The molecule has 3 atom stereocenters. The number of fused-ring (bicyclic) bond motifs is 1. The first kappa shape index (κ1) is 12.7. The Balaban J connectivity index is 1.67. The van der Waals surface area contributed by atoms with Gasteiger partial charge in [0.25, 0.3) is 0 Å². The van der Waals surface area contributed by atoms with Crippen molar-refractivity contribution in [2.24, 2.45) is 16.6 Å². The molecule has 1 saturated carbocycles. The first-order valence-corrected chi connectivity index (χ1v) is 7.23. The monoisotopic (exact) mass is 258 g/mol. The van der Waals surface area contributed by atoms with E-state index in [9.17, 15) is 0 Å². The van der Waals surface area contributed by atoms with Gasteiger partial charge < -0.3 is 10.5 Å². The third-order valence-electron chi connectivity index (χ3n) is 4.23. The fourth-order valence-electron chi connectivity index (χ4n) is 3.17. The van der Waals surface area contributed by atoms with Crippen LogP contribution in [-0.4, -0.2) is 24.6 Å². The summed E-state index contributed by atoms with van der Waals surface area (Å²) in [6, 6.07) is 8.91. The molecule has 0 aromatic heterocycles. The lowest BCUT2D eigenvalue weighted by Crippen LogP contribution is -2.33. The lowest BCUT2D eigenvalue weighted by atomic mass is 9.84. The van der Waals surface area contributed by atoms with Crippen molar-refractivity contribution in [2.45, 2.75) is 44.8 Å². The van der Waals surface area contributed by atoms with Gasteiger partial charge in [-0.25, -0.2) is 4.99 Å². The number of aliphatic imine (C=N–C) groups is 1. The first-order chi connectivity index (χ1) is 9.24. The van der Waals surface area contributed by atoms with Crippen molar-refractivity contribution in [1.82, 2.24) is 0 Å². The molecule has 0 spiro atoms. The minimum absolute atomic E-state index is 0.308. The minimum atomic E-state index is 0.308. The zero-order chi connectivity index (χ0) is 13.2. The van der Waals surface area contributed by atoms with Gasteiger partial charge in [0, 0.05) is 6.42 Å². The molecule has 3 heteroatoms. The van der Waals surface area contributed by atoms with E-state index in [1.165, 1.54) is 17.5 Å². The standard InChI is InChI=1S/C16H22N2O/c1-11-3-2-4-12(7-11)9-16-18-14-8-13(10-17)5-6-15(14)19-16/h2-4,7,13-15H,5-6,8-10,17H2,1H3. The maximum atomic E-state index is 6.01. The van der Waals surface area contributed by atoms with Gasteiger partial charge in [0.2, 0.25) is 0 Å². The average molecular weight is 258 g/mol. The summed E-state index contributed by atoms with van der Waals surface area (Å²) in [6.07, 6.45) is 4.52. The normalized spacial score (nSPS) is 29.6. The third-order valence-corrected chi connectivity index (χ3v) is 4.23. The highest BCUT2D eigenvalue weighted by molar-refractivity contribution is 5.80. The topological polar surface area (TPSA) is 47.6 Å². The summed E-state index contributed by atoms with van der Waals surface area (Å²) in [7, 11) is 0. The van der Waals surface area contributed by atoms with E-state index in [0.717, 1.165) is 31.7 Å². The van der Waals surface area contributed by atoms with Crippen LogP contribution in [0.25, 0.3) is 0 Å². The van der Waals surface area contributed by atoms with Crippen molar-refractivity contribution >= 4 is 5.90 Å². The van der Waals surface area contributed by atoms with Crippen LogP contribution in [0.2, 0.25) is 0 Å². The molecule has 1 fully saturated rings. The second-order valence-electron chi connectivity index (χ2n) is 5.83. The van der Waals surface area contributed by atoms with Crippen molar-refractivity contribution in [3.8, 4) is 0 Å². The molecule has 0 amide bonds. The van der Waals surface area contributed by atoms with E-state index < -0.39 is 0 Å². The average Bonchev–Trinajstić information content (AvgIpc) is 2.79. The Kier molecular flexibility index (Phi) is 3.56. The summed E-state index contributed by atoms with van der Waals surface area (Å²) in [5.41, 5.74) is 8.35. The smallest absolute Gasteiger partial charge is 0.188 e. The van der Waals surface area contributed by atoms with Crippen molar-refractivity contribution in [2.75, 3.05) is 6.54 Å². The summed E-state index contributed by atoms with van der Waals surface area (Å²) in [5, 5.41) is 0. The zero-order valence-corrected chi connectivity index (χ0v) is 11.5. The quantitative estimate of drug-likeness (QED) is 0.905. The third kappa shape index (κ3) is 2.81. The van der Waals surface area contributed by atoms with E-state index in [1.807, 2.05) is 0 Å². The van der Waals surface area contributed by atoms with Crippen LogP contribution in [0.5, 0.6) is 0 Å². The Labute approximate surface area is 114 Å². The Morgan fingerprint density at radius 3 is 3.05 bits per heavy atom. The number of rotatable bonds is 3. The molecule has 1 aromatic carbocycles. The predicted molar refractivity (Wildman–Crippen MR) is 77.4 cm³/mol. The van der Waals surface area contributed by atoms with Crippen LogP contribution < -0.4 is 5.73 Å². The van der Waals surface area contributed by atoms with Crippen LogP contribution in [0.4, 0.5) is 0 Å². The van der Waals surface area contributed by atoms with Crippen LogP contribution >= 0.6 is 0 Å². The zero-order valence-electron chi connectivity index (χ0n) is 11.5. The maximum absolute atomic E-state index is 6.01. The summed E-state index contributed by atoms with van der Waals surface area (Å²) in [6.45, 7) is 2.90. The fourth-order valence-corrected chi connectivity index (χ4v) is 3.17. The van der Waals surface area contributed by atoms with Crippen LogP contribution in [0, 0.1) is 12.8 Å². The Morgan fingerprint density at radius 1 is 1.37 bits per heavy atom. The second-order valence-corrected chi connectivity index (χ2v) is 5.83. The molecule has 2 N–H and O–H groups in total. The molecule has 1 heterocycles. The minimum Gasteiger partial charge on any atom is -0.475 e. The number of hydrogen-bond acceptors (Lipinski definition) is 3. The SMILES string of the molecule is Cc1cccc(CC2=NC3CC(CN)CCC3O2)c1. The molecule has 1 aliphatic heterocycles. The van der Waals surface area contributed by atoms with Crippen molar-refractivity contribution in [1.29, 1.82) is 0 Å². The van der Waals surface area contributed by atoms with Gasteiger partial charge >= 0.3 is 0 Å². The molecule has 0 radical (unpaired) electrons. The molecule has 2 aliphatic rings. The molecule has 1 aromatic rings. The van der Waals surface area contributed by atoms with E-state index in [-0.39, 0.29) is 0 Å². The number of nitrogens with zero attached hydrogens (tertiary/aromatic N) is 1. The second kappa shape index (κ2) is 5.33. The van der Waals surface area contributed by atoms with E-state index in [0.29, 0.717) is 18.1 Å². The lowest BCUT2D eigenvalue weighted by molar-refractivity contribution is 0.127. The highest BCUT2D eigenvalue weighted by Crippen LogP contribution is 2.32. The Morgan fingerprint density at radius 2 is 2.26 bits per heavy atom. The van der Waals surface area contributed by atoms with Gasteiger partial charge in [0.05, 0.1) is 6.04 Å². The van der Waals surface area contributed by atoms with Gasteiger partial charge in [0.15, 0.2) is 5.90 Å². The van der Waals surface area contributed by atoms with Gasteiger partial charge in [-0.3, -0.25) is 0 Å². The Hall–Kier alpha value is -1.35. The predicted octanol–water partition coefficient (Wildman–Crippen LogP) is 2.46. The molecular weight excluding hydrogens is 236 g/mol. The van der Waals surface area contributed by atoms with Crippen LogP contribution in [0.15, 0.2) is 29.3 Å². The Bertz CT molecular complexity index is 483. The molecule has 0 bridgehead atoms. The molecule has 19 heavy (non-hydrogen) atoms. The van der Waals surface area contributed by atoms with Crippen molar-refractivity contribution in [3.05, 3.63) is 35.4 Å². The van der Waals surface area contributed by atoms with Gasteiger partial charge in [-0.15, -0.1) is 0 Å². The lowest BCUT2D eigenvalue weighted by Gasteiger charge is -2.28. The highest BCUT2D eigenvalue weighted by atomic mass is 16.5. The molecule has 102 valence electrons. The number of ether oxygens (including phenoxy) is 1. The molecule has 3 unspecified atom stereocenters. The van der Waals surface area contributed by atoms with Crippen molar-refractivity contribution < 1.29 is 4.74 Å². The van der Waals surface area contributed by atoms with E-state index in [4.69, 9.17) is 15.5 Å². The molecule has 3 rings (SSSR count). The van der Waals surface area contributed by atoms with Crippen LogP contribution in [-0.2, 0) is 11.2 Å². The number of aryl methyl sites for hydroxylation is 1. The number of benzene rings is 1. The number of hydrogen-bond donors (Lipinski definition) is 1. The molecule has 0 saturated heterocycles. The molecule has 3 nitrogen and oxygen atoms in total. The summed E-state index contributed by atoms with van der Waals surface area (Å²) in [4.78, 5) is 4.77. The summed E-state index contributed by atoms with van der Waals surface area (Å²) >= 11 is 0. The highest BCUT2D eigenvalue weighted by Gasteiger charge is 2.36. The van der Waals surface area contributed by atoms with Crippen LogP contribution in [0.3, 0.4) is 0 Å². The van der Waals surface area contributed by atoms with Gasteiger partial charge in [-0.2, -0.15) is 0 Å². The summed E-state index contributed by atoms with van der Waals surface area (Å²) in [5.74, 6) is 1.55. The van der Waals surface area contributed by atoms with Crippen LogP contribution in [0.1, 0.15) is 30.4 Å². The summed E-state index contributed by atoms with van der Waals surface area (Å²) < 4.78 is 6.01. The van der Waals surface area contributed by atoms with Gasteiger partial charge in [-0.1, -0.05) is 29.8 Å². The van der Waals surface area contributed by atoms with E-state index >= 15 is 0 Å².